The number of ether oxygens (including phenoxy) is 1. The van der Waals surface area contributed by atoms with E-state index in [1.165, 1.54) is 13.2 Å². The van der Waals surface area contributed by atoms with Crippen LogP contribution in [-0.4, -0.2) is 19.1 Å². The highest BCUT2D eigenvalue weighted by molar-refractivity contribution is 5.72. The maximum absolute atomic E-state index is 11.1. The third kappa shape index (κ3) is 2.65. The van der Waals surface area contributed by atoms with Gasteiger partial charge in [-0.25, -0.2) is 0 Å². The molecule has 0 aromatic heterocycles. The Labute approximate surface area is 111 Å². The zero-order valence-corrected chi connectivity index (χ0v) is 10.7. The van der Waals surface area contributed by atoms with E-state index < -0.39 is 4.92 Å². The molecule has 2 aromatic carbocycles. The third-order valence-corrected chi connectivity index (χ3v) is 2.88. The SMILES string of the molecule is COc1ccc(N(C)c2ccccc2)c([N+](=O)[O-])c1. The number of nitrogens with zero attached hydrogens (tertiary/aromatic N) is 2. The van der Waals surface area contributed by atoms with E-state index in [1.54, 1.807) is 24.1 Å². The Kier molecular flexibility index (Phi) is 3.66. The Bertz CT molecular complexity index is 584. The molecule has 0 saturated heterocycles. The summed E-state index contributed by atoms with van der Waals surface area (Å²) in [6.45, 7) is 0. The van der Waals surface area contributed by atoms with E-state index in [-0.39, 0.29) is 5.69 Å². The van der Waals surface area contributed by atoms with Crippen LogP contribution < -0.4 is 9.64 Å². The highest BCUT2D eigenvalue weighted by atomic mass is 16.6. The van der Waals surface area contributed by atoms with Gasteiger partial charge in [-0.2, -0.15) is 0 Å². The molecule has 2 rings (SSSR count). The average molecular weight is 258 g/mol. The minimum atomic E-state index is -0.405. The second-order valence-electron chi connectivity index (χ2n) is 4.01. The van der Waals surface area contributed by atoms with Gasteiger partial charge in [0.15, 0.2) is 0 Å². The minimum absolute atomic E-state index is 0.0192. The number of nitro groups is 1. The molecule has 0 atom stereocenters. The van der Waals surface area contributed by atoms with Crippen molar-refractivity contribution in [3.8, 4) is 5.75 Å². The van der Waals surface area contributed by atoms with Crippen LogP contribution in [0.5, 0.6) is 5.75 Å². The van der Waals surface area contributed by atoms with Gasteiger partial charge in [-0.1, -0.05) is 18.2 Å². The van der Waals surface area contributed by atoms with Gasteiger partial charge in [0.25, 0.3) is 5.69 Å². The molecular weight excluding hydrogens is 244 g/mol. The van der Waals surface area contributed by atoms with Crippen LogP contribution in [0.3, 0.4) is 0 Å². The van der Waals surface area contributed by atoms with Crippen molar-refractivity contribution in [1.29, 1.82) is 0 Å². The highest BCUT2D eigenvalue weighted by Crippen LogP contribution is 2.34. The Morgan fingerprint density at radius 3 is 2.42 bits per heavy atom. The van der Waals surface area contributed by atoms with Crippen molar-refractivity contribution in [3.63, 3.8) is 0 Å². The van der Waals surface area contributed by atoms with Crippen LogP contribution in [0.15, 0.2) is 48.5 Å². The van der Waals surface area contributed by atoms with Crippen molar-refractivity contribution in [2.45, 2.75) is 0 Å². The van der Waals surface area contributed by atoms with E-state index in [1.807, 2.05) is 30.3 Å². The topological polar surface area (TPSA) is 55.6 Å². The van der Waals surface area contributed by atoms with Crippen LogP contribution in [-0.2, 0) is 0 Å². The molecule has 0 aliphatic rings. The van der Waals surface area contributed by atoms with Gasteiger partial charge < -0.3 is 9.64 Å². The van der Waals surface area contributed by atoms with Crippen LogP contribution >= 0.6 is 0 Å². The maximum Gasteiger partial charge on any atom is 0.296 e. The molecular formula is C14H14N2O3. The first-order valence-electron chi connectivity index (χ1n) is 5.74. The molecule has 0 aliphatic carbocycles. The summed E-state index contributed by atoms with van der Waals surface area (Å²) in [6, 6.07) is 14.3. The molecule has 98 valence electrons. The number of rotatable bonds is 4. The number of hydrogen-bond acceptors (Lipinski definition) is 4. The molecule has 0 heterocycles. The normalized spacial score (nSPS) is 10.0. The van der Waals surface area contributed by atoms with Gasteiger partial charge in [-0.15, -0.1) is 0 Å². The minimum Gasteiger partial charge on any atom is -0.496 e. The van der Waals surface area contributed by atoms with Crippen molar-refractivity contribution >= 4 is 17.1 Å². The fourth-order valence-electron chi connectivity index (χ4n) is 1.85. The number of para-hydroxylation sites is 1. The second-order valence-corrected chi connectivity index (χ2v) is 4.01. The summed E-state index contributed by atoms with van der Waals surface area (Å²) in [5.74, 6) is 0.469. The van der Waals surface area contributed by atoms with Gasteiger partial charge in [0, 0.05) is 12.7 Å². The van der Waals surface area contributed by atoms with E-state index in [0.29, 0.717) is 11.4 Å². The zero-order chi connectivity index (χ0) is 13.8. The summed E-state index contributed by atoms with van der Waals surface area (Å²) < 4.78 is 5.02. The van der Waals surface area contributed by atoms with Crippen molar-refractivity contribution < 1.29 is 9.66 Å². The lowest BCUT2D eigenvalue weighted by Crippen LogP contribution is -2.11. The van der Waals surface area contributed by atoms with Crippen LogP contribution in [0.2, 0.25) is 0 Å². The number of hydrogen-bond donors (Lipinski definition) is 0. The van der Waals surface area contributed by atoms with Gasteiger partial charge in [-0.3, -0.25) is 10.1 Å². The Morgan fingerprint density at radius 1 is 1.16 bits per heavy atom. The van der Waals surface area contributed by atoms with E-state index >= 15 is 0 Å². The summed E-state index contributed by atoms with van der Waals surface area (Å²) in [5, 5.41) is 11.1. The van der Waals surface area contributed by atoms with Crippen LogP contribution in [0, 0.1) is 10.1 Å². The number of methoxy groups -OCH3 is 1. The molecule has 0 aliphatic heterocycles. The summed E-state index contributed by atoms with van der Waals surface area (Å²) in [6.07, 6.45) is 0. The molecule has 0 fully saturated rings. The first kappa shape index (κ1) is 12.9. The Morgan fingerprint density at radius 2 is 1.84 bits per heavy atom. The number of benzene rings is 2. The van der Waals surface area contributed by atoms with Crippen LogP contribution in [0.25, 0.3) is 0 Å². The van der Waals surface area contributed by atoms with Gasteiger partial charge in [0.1, 0.15) is 11.4 Å². The van der Waals surface area contributed by atoms with Crippen LogP contribution in [0.1, 0.15) is 0 Å². The Balaban J connectivity index is 2.47. The molecule has 0 unspecified atom stereocenters. The van der Waals surface area contributed by atoms with E-state index in [2.05, 4.69) is 0 Å². The fraction of sp³-hybridized carbons (Fsp3) is 0.143. The van der Waals surface area contributed by atoms with Gasteiger partial charge in [0.2, 0.25) is 0 Å². The van der Waals surface area contributed by atoms with E-state index in [0.717, 1.165) is 5.69 Å². The first-order valence-corrected chi connectivity index (χ1v) is 5.74. The average Bonchev–Trinajstić information content (AvgIpc) is 2.46. The summed E-state index contributed by atoms with van der Waals surface area (Å²) in [4.78, 5) is 12.5. The summed E-state index contributed by atoms with van der Waals surface area (Å²) in [5.41, 5.74) is 1.43. The molecule has 0 N–H and O–H groups in total. The fourth-order valence-corrected chi connectivity index (χ4v) is 1.85. The number of anilines is 2. The predicted molar refractivity (Wildman–Crippen MR) is 74.2 cm³/mol. The van der Waals surface area contributed by atoms with E-state index in [4.69, 9.17) is 4.74 Å². The third-order valence-electron chi connectivity index (χ3n) is 2.88. The standard InChI is InChI=1S/C14H14N2O3/c1-15(11-6-4-3-5-7-11)13-9-8-12(19-2)10-14(13)16(17)18/h3-10H,1-2H3. The summed E-state index contributed by atoms with van der Waals surface area (Å²) in [7, 11) is 3.28. The molecule has 2 aromatic rings. The molecule has 0 radical (unpaired) electrons. The summed E-state index contributed by atoms with van der Waals surface area (Å²) >= 11 is 0. The van der Waals surface area contributed by atoms with E-state index in [9.17, 15) is 10.1 Å². The lowest BCUT2D eigenvalue weighted by molar-refractivity contribution is -0.384. The molecule has 19 heavy (non-hydrogen) atoms. The molecule has 0 saturated carbocycles. The molecule has 0 amide bonds. The molecule has 0 spiro atoms. The predicted octanol–water partition coefficient (Wildman–Crippen LogP) is 3.37. The van der Waals surface area contributed by atoms with Crippen molar-refractivity contribution in [1.82, 2.24) is 0 Å². The number of nitro benzene ring substituents is 1. The van der Waals surface area contributed by atoms with Crippen molar-refractivity contribution in [3.05, 3.63) is 58.6 Å². The van der Waals surface area contributed by atoms with Gasteiger partial charge in [0.05, 0.1) is 18.1 Å². The van der Waals surface area contributed by atoms with Crippen molar-refractivity contribution in [2.24, 2.45) is 0 Å². The van der Waals surface area contributed by atoms with Crippen LogP contribution in [0.4, 0.5) is 17.1 Å². The molecule has 5 nitrogen and oxygen atoms in total. The molecule has 5 heteroatoms. The maximum atomic E-state index is 11.1. The smallest absolute Gasteiger partial charge is 0.296 e. The van der Waals surface area contributed by atoms with Gasteiger partial charge >= 0.3 is 0 Å². The van der Waals surface area contributed by atoms with Crippen molar-refractivity contribution in [2.75, 3.05) is 19.1 Å². The van der Waals surface area contributed by atoms with Gasteiger partial charge in [-0.05, 0) is 24.3 Å². The molecule has 0 bridgehead atoms. The lowest BCUT2D eigenvalue weighted by Gasteiger charge is -2.19. The first-order chi connectivity index (χ1) is 9.13. The monoisotopic (exact) mass is 258 g/mol. The Hall–Kier alpha value is -2.56. The second kappa shape index (κ2) is 5.39. The lowest BCUT2D eigenvalue weighted by atomic mass is 10.2. The zero-order valence-electron chi connectivity index (χ0n) is 10.7. The highest BCUT2D eigenvalue weighted by Gasteiger charge is 2.19. The largest absolute Gasteiger partial charge is 0.496 e. The quantitative estimate of drug-likeness (QED) is 0.623.